The Morgan fingerprint density at radius 3 is 2.92 bits per heavy atom. The molecule has 0 saturated heterocycles. The molecular formula is C9H6ClFN2. The summed E-state index contributed by atoms with van der Waals surface area (Å²) in [6, 6.07) is 3.17. The van der Waals surface area contributed by atoms with Crippen molar-refractivity contribution < 1.29 is 4.39 Å². The van der Waals surface area contributed by atoms with Gasteiger partial charge in [-0.3, -0.25) is 0 Å². The van der Waals surface area contributed by atoms with Gasteiger partial charge in [0.1, 0.15) is 5.82 Å². The molecule has 1 aromatic heterocycles. The van der Waals surface area contributed by atoms with E-state index in [0.29, 0.717) is 16.7 Å². The highest BCUT2D eigenvalue weighted by molar-refractivity contribution is 6.31. The first-order valence-electron chi connectivity index (χ1n) is 3.76. The molecule has 4 heteroatoms. The van der Waals surface area contributed by atoms with Gasteiger partial charge in [-0.15, -0.1) is 0 Å². The Kier molecular flexibility index (Phi) is 1.88. The zero-order chi connectivity index (χ0) is 9.42. The molecular weight excluding hydrogens is 191 g/mol. The molecule has 0 aliphatic carbocycles. The van der Waals surface area contributed by atoms with Gasteiger partial charge in [0.15, 0.2) is 5.82 Å². The van der Waals surface area contributed by atoms with Crippen molar-refractivity contribution in [3.63, 3.8) is 0 Å². The van der Waals surface area contributed by atoms with E-state index in [1.54, 1.807) is 13.0 Å². The molecule has 0 atom stereocenters. The van der Waals surface area contributed by atoms with E-state index in [0.717, 1.165) is 0 Å². The van der Waals surface area contributed by atoms with Crippen molar-refractivity contribution in [1.82, 2.24) is 9.97 Å². The van der Waals surface area contributed by atoms with Gasteiger partial charge in [0.25, 0.3) is 0 Å². The maximum atomic E-state index is 13.3. The molecule has 2 rings (SSSR count). The topological polar surface area (TPSA) is 25.8 Å². The lowest BCUT2D eigenvalue weighted by atomic mass is 10.2. The van der Waals surface area contributed by atoms with Gasteiger partial charge in [-0.1, -0.05) is 11.6 Å². The Hall–Kier alpha value is -1.22. The van der Waals surface area contributed by atoms with E-state index in [9.17, 15) is 4.39 Å². The van der Waals surface area contributed by atoms with E-state index >= 15 is 0 Å². The van der Waals surface area contributed by atoms with Crippen LogP contribution in [-0.2, 0) is 0 Å². The highest BCUT2D eigenvalue weighted by Crippen LogP contribution is 2.22. The Bertz CT molecular complexity index is 470. The highest BCUT2D eigenvalue weighted by atomic mass is 35.5. The van der Waals surface area contributed by atoms with E-state index in [1.165, 1.54) is 12.3 Å². The summed E-state index contributed by atoms with van der Waals surface area (Å²) in [6.07, 6.45) is 1.44. The third-order valence-electron chi connectivity index (χ3n) is 1.77. The number of aromatic nitrogens is 2. The predicted octanol–water partition coefficient (Wildman–Crippen LogP) is 2.73. The molecule has 0 N–H and O–H groups in total. The zero-order valence-electron chi connectivity index (χ0n) is 6.88. The van der Waals surface area contributed by atoms with E-state index in [2.05, 4.69) is 9.97 Å². The van der Waals surface area contributed by atoms with Gasteiger partial charge in [0.2, 0.25) is 0 Å². The van der Waals surface area contributed by atoms with Crippen molar-refractivity contribution in [3.05, 3.63) is 35.0 Å². The van der Waals surface area contributed by atoms with Gasteiger partial charge in [0.05, 0.1) is 15.9 Å². The van der Waals surface area contributed by atoms with Crippen LogP contribution in [0.1, 0.15) is 5.82 Å². The van der Waals surface area contributed by atoms with Gasteiger partial charge in [0, 0.05) is 6.20 Å². The molecule has 2 aromatic rings. The summed E-state index contributed by atoms with van der Waals surface area (Å²) in [5, 5.41) is 0.457. The molecule has 66 valence electrons. The number of benzene rings is 1. The minimum atomic E-state index is -0.459. The predicted molar refractivity (Wildman–Crippen MR) is 49.2 cm³/mol. The smallest absolute Gasteiger partial charge is 0.152 e. The van der Waals surface area contributed by atoms with E-state index in [-0.39, 0.29) is 5.02 Å². The first kappa shape index (κ1) is 8.38. The fraction of sp³-hybridized carbons (Fsp3) is 0.111. The molecule has 0 bridgehead atoms. The summed E-state index contributed by atoms with van der Waals surface area (Å²) in [5.41, 5.74) is 0.578. The van der Waals surface area contributed by atoms with Crippen molar-refractivity contribution in [2.24, 2.45) is 0 Å². The Morgan fingerprint density at radius 1 is 1.38 bits per heavy atom. The number of aryl methyl sites for hydroxylation is 1. The number of nitrogens with zero attached hydrogens (tertiary/aromatic N) is 2. The molecule has 2 nitrogen and oxygen atoms in total. The van der Waals surface area contributed by atoms with Crippen LogP contribution < -0.4 is 0 Å². The second-order valence-electron chi connectivity index (χ2n) is 2.71. The molecule has 0 spiro atoms. The fourth-order valence-corrected chi connectivity index (χ4v) is 1.30. The van der Waals surface area contributed by atoms with Crippen LogP contribution >= 0.6 is 11.6 Å². The van der Waals surface area contributed by atoms with E-state index in [4.69, 9.17) is 11.6 Å². The van der Waals surface area contributed by atoms with Crippen LogP contribution in [0.25, 0.3) is 10.9 Å². The summed E-state index contributed by atoms with van der Waals surface area (Å²) in [4.78, 5) is 7.97. The summed E-state index contributed by atoms with van der Waals surface area (Å²) < 4.78 is 13.3. The zero-order valence-corrected chi connectivity index (χ0v) is 7.64. The molecule has 0 amide bonds. The minimum absolute atomic E-state index is 0.0972. The lowest BCUT2D eigenvalue weighted by Crippen LogP contribution is -1.90. The van der Waals surface area contributed by atoms with Gasteiger partial charge in [-0.2, -0.15) is 0 Å². The first-order valence-corrected chi connectivity index (χ1v) is 4.13. The average Bonchev–Trinajstić information content (AvgIpc) is 2.12. The van der Waals surface area contributed by atoms with Crippen LogP contribution in [0.5, 0.6) is 0 Å². The molecule has 0 fully saturated rings. The van der Waals surface area contributed by atoms with Crippen molar-refractivity contribution in [1.29, 1.82) is 0 Å². The third-order valence-corrected chi connectivity index (χ3v) is 2.06. The Labute approximate surface area is 79.4 Å². The van der Waals surface area contributed by atoms with Gasteiger partial charge in [-0.25, -0.2) is 14.4 Å². The standard InChI is InChI=1S/C9H6ClFN2/c1-5-12-4-6-8(13-5)3-2-7(10)9(6)11/h2-4H,1H3. The van der Waals surface area contributed by atoms with Crippen molar-refractivity contribution in [2.45, 2.75) is 6.92 Å². The number of fused-ring (bicyclic) bond motifs is 1. The van der Waals surface area contributed by atoms with Crippen LogP contribution in [0.3, 0.4) is 0 Å². The summed E-state index contributed by atoms with van der Waals surface area (Å²) in [5.74, 6) is 0.161. The fourth-order valence-electron chi connectivity index (χ4n) is 1.14. The maximum Gasteiger partial charge on any atom is 0.152 e. The largest absolute Gasteiger partial charge is 0.241 e. The number of hydrogen-bond donors (Lipinski definition) is 0. The van der Waals surface area contributed by atoms with E-state index < -0.39 is 5.82 Å². The molecule has 0 radical (unpaired) electrons. The normalized spacial score (nSPS) is 10.7. The first-order chi connectivity index (χ1) is 6.18. The van der Waals surface area contributed by atoms with Gasteiger partial charge >= 0.3 is 0 Å². The summed E-state index contributed by atoms with van der Waals surface area (Å²) >= 11 is 5.60. The van der Waals surface area contributed by atoms with Crippen molar-refractivity contribution >= 4 is 22.5 Å². The summed E-state index contributed by atoms with van der Waals surface area (Å²) in [7, 11) is 0. The van der Waals surface area contributed by atoms with Crippen LogP contribution in [-0.4, -0.2) is 9.97 Å². The monoisotopic (exact) mass is 196 g/mol. The quantitative estimate of drug-likeness (QED) is 0.648. The van der Waals surface area contributed by atoms with Crippen LogP contribution in [0.15, 0.2) is 18.3 Å². The lowest BCUT2D eigenvalue weighted by Gasteiger charge is -2.00. The molecule has 1 aromatic carbocycles. The number of halogens is 2. The number of hydrogen-bond acceptors (Lipinski definition) is 2. The minimum Gasteiger partial charge on any atom is -0.241 e. The number of rotatable bonds is 0. The molecule has 1 heterocycles. The molecule has 0 aliphatic rings. The molecule has 13 heavy (non-hydrogen) atoms. The second kappa shape index (κ2) is 2.92. The lowest BCUT2D eigenvalue weighted by molar-refractivity contribution is 0.639. The molecule has 0 unspecified atom stereocenters. The van der Waals surface area contributed by atoms with Gasteiger partial charge < -0.3 is 0 Å². The third kappa shape index (κ3) is 1.35. The molecule has 0 aliphatic heterocycles. The van der Waals surface area contributed by atoms with Crippen LogP contribution in [0, 0.1) is 12.7 Å². The second-order valence-corrected chi connectivity index (χ2v) is 3.12. The highest BCUT2D eigenvalue weighted by Gasteiger charge is 2.06. The van der Waals surface area contributed by atoms with Gasteiger partial charge in [-0.05, 0) is 19.1 Å². The van der Waals surface area contributed by atoms with Crippen LogP contribution in [0.2, 0.25) is 5.02 Å². The van der Waals surface area contributed by atoms with Crippen LogP contribution in [0.4, 0.5) is 4.39 Å². The van der Waals surface area contributed by atoms with Crippen molar-refractivity contribution in [3.8, 4) is 0 Å². The van der Waals surface area contributed by atoms with E-state index in [1.807, 2.05) is 0 Å². The SMILES string of the molecule is Cc1ncc2c(F)c(Cl)ccc2n1. The molecule has 0 saturated carbocycles. The average molecular weight is 197 g/mol. The Morgan fingerprint density at radius 2 is 2.15 bits per heavy atom. The summed E-state index contributed by atoms with van der Waals surface area (Å²) in [6.45, 7) is 1.76. The Balaban J connectivity index is 2.87. The van der Waals surface area contributed by atoms with Crippen molar-refractivity contribution in [2.75, 3.05) is 0 Å². The maximum absolute atomic E-state index is 13.3.